The Kier molecular flexibility index (Phi) is 4.42. The fourth-order valence-electron chi connectivity index (χ4n) is 2.54. The second-order valence-corrected chi connectivity index (χ2v) is 6.14. The van der Waals surface area contributed by atoms with Gasteiger partial charge in [0.1, 0.15) is 0 Å². The van der Waals surface area contributed by atoms with Gasteiger partial charge >= 0.3 is 0 Å². The topological polar surface area (TPSA) is 55.7 Å². The molecule has 1 unspecified atom stereocenters. The fraction of sp³-hybridized carbons (Fsp3) is 1.00. The van der Waals surface area contributed by atoms with E-state index in [0.717, 1.165) is 18.5 Å². The van der Waals surface area contributed by atoms with Crippen LogP contribution in [0.25, 0.3) is 0 Å². The first-order valence-corrected chi connectivity index (χ1v) is 6.83. The van der Waals surface area contributed by atoms with E-state index < -0.39 is 0 Å². The van der Waals surface area contributed by atoms with Crippen molar-refractivity contribution >= 4 is 0 Å². The van der Waals surface area contributed by atoms with Crippen molar-refractivity contribution in [2.45, 2.75) is 32.2 Å². The minimum Gasteiger partial charge on any atom is -0.396 e. The maximum atomic E-state index is 9.19. The molecule has 0 aromatic carbocycles. The number of rotatable bonds is 7. The Hall–Kier alpha value is -0.160. The van der Waals surface area contributed by atoms with Gasteiger partial charge < -0.3 is 20.4 Å². The molecular formula is C13H26N2O2. The largest absolute Gasteiger partial charge is 0.396 e. The molecule has 0 amide bonds. The molecule has 0 spiro atoms. The summed E-state index contributed by atoms with van der Waals surface area (Å²) < 4.78 is 0. The van der Waals surface area contributed by atoms with Gasteiger partial charge in [0.25, 0.3) is 0 Å². The van der Waals surface area contributed by atoms with Crippen LogP contribution in [0.5, 0.6) is 0 Å². The third-order valence-corrected chi connectivity index (χ3v) is 4.13. The molecule has 4 heteroatoms. The van der Waals surface area contributed by atoms with Gasteiger partial charge in [-0.1, -0.05) is 6.92 Å². The summed E-state index contributed by atoms with van der Waals surface area (Å²) in [6.07, 6.45) is 4.08. The van der Waals surface area contributed by atoms with E-state index in [-0.39, 0.29) is 18.6 Å². The molecule has 1 heterocycles. The Balaban J connectivity index is 1.62. The molecule has 2 fully saturated rings. The summed E-state index contributed by atoms with van der Waals surface area (Å²) in [7, 11) is 0. The normalized spacial score (nSPS) is 26.6. The number of nitrogens with zero attached hydrogens (tertiary/aromatic N) is 1. The Morgan fingerprint density at radius 2 is 1.94 bits per heavy atom. The third kappa shape index (κ3) is 3.65. The number of likely N-dealkylation sites (tertiary alicyclic amines) is 1. The average molecular weight is 242 g/mol. The zero-order chi connectivity index (χ0) is 12.3. The van der Waals surface area contributed by atoms with Crippen molar-refractivity contribution in [3.8, 4) is 0 Å². The Morgan fingerprint density at radius 1 is 1.24 bits per heavy atom. The monoisotopic (exact) mass is 242 g/mol. The van der Waals surface area contributed by atoms with Crippen molar-refractivity contribution in [1.82, 2.24) is 10.2 Å². The second-order valence-electron chi connectivity index (χ2n) is 6.14. The van der Waals surface area contributed by atoms with Crippen molar-refractivity contribution in [2.75, 3.05) is 39.4 Å². The van der Waals surface area contributed by atoms with Gasteiger partial charge in [-0.25, -0.2) is 0 Å². The van der Waals surface area contributed by atoms with E-state index in [1.165, 1.54) is 32.4 Å². The van der Waals surface area contributed by atoms with E-state index in [0.29, 0.717) is 6.54 Å². The third-order valence-electron chi connectivity index (χ3n) is 4.13. The van der Waals surface area contributed by atoms with Gasteiger partial charge in [-0.3, -0.25) is 0 Å². The predicted octanol–water partition coefficient (Wildman–Crippen LogP) is 0.0512. The molecule has 1 saturated carbocycles. The van der Waals surface area contributed by atoms with Gasteiger partial charge in [0.15, 0.2) is 0 Å². The van der Waals surface area contributed by atoms with Gasteiger partial charge in [-0.05, 0) is 38.3 Å². The molecule has 1 aliphatic carbocycles. The van der Waals surface area contributed by atoms with E-state index >= 15 is 0 Å². The lowest BCUT2D eigenvalue weighted by atomic mass is 9.93. The van der Waals surface area contributed by atoms with Gasteiger partial charge in [0, 0.05) is 24.5 Å². The lowest BCUT2D eigenvalue weighted by molar-refractivity contribution is 0.0690. The highest BCUT2D eigenvalue weighted by Gasteiger charge is 2.34. The Morgan fingerprint density at radius 3 is 2.53 bits per heavy atom. The van der Waals surface area contributed by atoms with Crippen molar-refractivity contribution in [2.24, 2.45) is 11.3 Å². The molecule has 2 rings (SSSR count). The number of hydrogen-bond acceptors (Lipinski definition) is 4. The molecule has 0 aromatic rings. The van der Waals surface area contributed by atoms with Crippen LogP contribution in [0.3, 0.4) is 0 Å². The summed E-state index contributed by atoms with van der Waals surface area (Å²) in [6, 6.07) is 0.889. The summed E-state index contributed by atoms with van der Waals surface area (Å²) >= 11 is 0. The number of nitrogens with one attached hydrogen (secondary N) is 1. The minimum absolute atomic E-state index is 0.0371. The maximum Gasteiger partial charge on any atom is 0.0518 e. The van der Waals surface area contributed by atoms with Crippen LogP contribution in [-0.2, 0) is 0 Å². The van der Waals surface area contributed by atoms with Crippen LogP contribution in [0.15, 0.2) is 0 Å². The highest BCUT2D eigenvalue weighted by atomic mass is 16.3. The van der Waals surface area contributed by atoms with Gasteiger partial charge in [0.05, 0.1) is 13.2 Å². The molecule has 100 valence electrons. The number of hydrogen-bond donors (Lipinski definition) is 3. The van der Waals surface area contributed by atoms with E-state index in [9.17, 15) is 10.2 Å². The minimum atomic E-state index is -0.380. The SMILES string of the molecule is CC(CO)(CO)CNCC1CCN(C2CC2)C1. The highest BCUT2D eigenvalue weighted by molar-refractivity contribution is 4.90. The number of aliphatic hydroxyl groups is 2. The summed E-state index contributed by atoms with van der Waals surface area (Å²) in [5, 5.41) is 21.8. The average Bonchev–Trinajstić information content (AvgIpc) is 3.10. The maximum absolute atomic E-state index is 9.19. The molecule has 4 nitrogen and oxygen atoms in total. The first-order chi connectivity index (χ1) is 8.17. The van der Waals surface area contributed by atoms with E-state index in [2.05, 4.69) is 10.2 Å². The van der Waals surface area contributed by atoms with Crippen LogP contribution in [0.1, 0.15) is 26.2 Å². The molecule has 1 atom stereocenters. The molecule has 1 aliphatic heterocycles. The van der Waals surface area contributed by atoms with E-state index in [1.807, 2.05) is 6.92 Å². The zero-order valence-electron chi connectivity index (χ0n) is 10.9. The van der Waals surface area contributed by atoms with Crippen LogP contribution in [0, 0.1) is 11.3 Å². The summed E-state index contributed by atoms with van der Waals surface area (Å²) in [4.78, 5) is 2.61. The van der Waals surface area contributed by atoms with Crippen LogP contribution >= 0.6 is 0 Å². The molecule has 3 N–H and O–H groups in total. The zero-order valence-corrected chi connectivity index (χ0v) is 10.9. The van der Waals surface area contributed by atoms with Crippen molar-refractivity contribution in [3.63, 3.8) is 0 Å². The van der Waals surface area contributed by atoms with Crippen LogP contribution in [0.4, 0.5) is 0 Å². The van der Waals surface area contributed by atoms with Crippen molar-refractivity contribution < 1.29 is 10.2 Å². The quantitative estimate of drug-likeness (QED) is 0.590. The molecule has 1 saturated heterocycles. The van der Waals surface area contributed by atoms with Crippen molar-refractivity contribution in [3.05, 3.63) is 0 Å². The number of aliphatic hydroxyl groups excluding tert-OH is 2. The molecule has 17 heavy (non-hydrogen) atoms. The van der Waals surface area contributed by atoms with E-state index in [1.54, 1.807) is 0 Å². The van der Waals surface area contributed by atoms with E-state index in [4.69, 9.17) is 0 Å². The molecule has 0 aromatic heterocycles. The summed E-state index contributed by atoms with van der Waals surface area (Å²) in [6.45, 7) is 6.18. The van der Waals surface area contributed by atoms with Crippen molar-refractivity contribution in [1.29, 1.82) is 0 Å². The molecular weight excluding hydrogens is 216 g/mol. The second kappa shape index (κ2) is 5.65. The van der Waals surface area contributed by atoms with Crippen LogP contribution < -0.4 is 5.32 Å². The summed E-state index contributed by atoms with van der Waals surface area (Å²) in [5.41, 5.74) is -0.380. The Bertz CT molecular complexity index is 240. The highest BCUT2D eigenvalue weighted by Crippen LogP contribution is 2.31. The molecule has 0 radical (unpaired) electrons. The van der Waals surface area contributed by atoms with Gasteiger partial charge in [0.2, 0.25) is 0 Å². The fourth-order valence-corrected chi connectivity index (χ4v) is 2.54. The first kappa shape index (κ1) is 13.3. The predicted molar refractivity (Wildman–Crippen MR) is 67.9 cm³/mol. The van der Waals surface area contributed by atoms with Crippen LogP contribution in [-0.4, -0.2) is 60.5 Å². The lowest BCUT2D eigenvalue weighted by Crippen LogP contribution is -2.40. The molecule has 2 aliphatic rings. The standard InChI is InChI=1S/C13H26N2O2/c1-13(9-16,10-17)8-14-6-11-4-5-15(7-11)12-2-3-12/h11-12,14,16-17H,2-10H2,1H3. The molecule has 0 bridgehead atoms. The van der Waals surface area contributed by atoms with Gasteiger partial charge in [-0.15, -0.1) is 0 Å². The first-order valence-electron chi connectivity index (χ1n) is 6.83. The lowest BCUT2D eigenvalue weighted by Gasteiger charge is -2.25. The van der Waals surface area contributed by atoms with Gasteiger partial charge in [-0.2, -0.15) is 0 Å². The van der Waals surface area contributed by atoms with Crippen LogP contribution in [0.2, 0.25) is 0 Å². The Labute approximate surface area is 104 Å². The smallest absolute Gasteiger partial charge is 0.0518 e. The summed E-state index contributed by atoms with van der Waals surface area (Å²) in [5.74, 6) is 0.747.